The molecule has 2 rings (SSSR count). The van der Waals surface area contributed by atoms with Crippen molar-refractivity contribution in [2.24, 2.45) is 0 Å². The van der Waals surface area contributed by atoms with Crippen molar-refractivity contribution in [2.75, 3.05) is 16.4 Å². The molecule has 2 amide bonds. The Kier molecular flexibility index (Phi) is 4.10. The van der Waals surface area contributed by atoms with Gasteiger partial charge in [0.15, 0.2) is 0 Å². The normalized spacial score (nSPS) is 9.76. The van der Waals surface area contributed by atoms with Crippen LogP contribution in [0.1, 0.15) is 16.7 Å². The van der Waals surface area contributed by atoms with Crippen LogP contribution < -0.4 is 16.4 Å². The Morgan fingerprint density at radius 1 is 1.10 bits per heavy atom. The third kappa shape index (κ3) is 3.51. The molecule has 0 aliphatic rings. The Labute approximate surface area is 123 Å². The maximum Gasteiger partial charge on any atom is 0.323 e. The summed E-state index contributed by atoms with van der Waals surface area (Å²) in [5.74, 6) is 0. The Hall–Kier alpha value is -3.00. The van der Waals surface area contributed by atoms with Crippen LogP contribution in [0.3, 0.4) is 0 Å². The number of urea groups is 1. The molecule has 0 bridgehead atoms. The zero-order chi connectivity index (χ0) is 15.4. The van der Waals surface area contributed by atoms with Crippen molar-refractivity contribution in [2.45, 2.75) is 13.8 Å². The molecule has 0 spiro atoms. The van der Waals surface area contributed by atoms with Crippen LogP contribution in [0.15, 0.2) is 36.4 Å². The second-order valence-corrected chi connectivity index (χ2v) is 4.79. The van der Waals surface area contributed by atoms with Gasteiger partial charge in [0, 0.05) is 5.69 Å². The average Bonchev–Trinajstić information content (AvgIpc) is 2.45. The van der Waals surface area contributed by atoms with Gasteiger partial charge in [0.25, 0.3) is 0 Å². The number of carbonyl (C=O) groups excluding carboxylic acids is 1. The fourth-order valence-electron chi connectivity index (χ4n) is 1.86. The quantitative estimate of drug-likeness (QED) is 0.736. The molecule has 0 saturated heterocycles. The van der Waals surface area contributed by atoms with Crippen molar-refractivity contribution < 1.29 is 4.79 Å². The lowest BCUT2D eigenvalue weighted by Gasteiger charge is -2.12. The van der Waals surface area contributed by atoms with Gasteiger partial charge in [-0.2, -0.15) is 5.26 Å². The van der Waals surface area contributed by atoms with Gasteiger partial charge in [-0.1, -0.05) is 0 Å². The van der Waals surface area contributed by atoms with E-state index in [2.05, 4.69) is 10.6 Å². The molecule has 4 N–H and O–H groups in total. The molecule has 0 fully saturated rings. The second-order valence-electron chi connectivity index (χ2n) is 4.79. The highest BCUT2D eigenvalue weighted by atomic mass is 16.2. The van der Waals surface area contributed by atoms with E-state index >= 15 is 0 Å². The SMILES string of the molecule is Cc1cc(N)c(NC(=O)Nc2ccc(C#N)cc2)cc1C. The number of nitrogens with zero attached hydrogens (tertiary/aromatic N) is 1. The Balaban J connectivity index is 2.08. The number of hydrogen-bond donors (Lipinski definition) is 3. The zero-order valence-electron chi connectivity index (χ0n) is 11.9. The van der Waals surface area contributed by atoms with Gasteiger partial charge in [-0.15, -0.1) is 0 Å². The first-order valence-electron chi connectivity index (χ1n) is 6.44. The van der Waals surface area contributed by atoms with Crippen molar-refractivity contribution in [1.82, 2.24) is 0 Å². The van der Waals surface area contributed by atoms with Crippen molar-refractivity contribution in [3.8, 4) is 6.07 Å². The zero-order valence-corrected chi connectivity index (χ0v) is 11.9. The van der Waals surface area contributed by atoms with Gasteiger partial charge in [-0.25, -0.2) is 4.79 Å². The van der Waals surface area contributed by atoms with Gasteiger partial charge >= 0.3 is 6.03 Å². The van der Waals surface area contributed by atoms with Crippen molar-refractivity contribution in [1.29, 1.82) is 5.26 Å². The van der Waals surface area contributed by atoms with Crippen LogP contribution >= 0.6 is 0 Å². The average molecular weight is 280 g/mol. The monoisotopic (exact) mass is 280 g/mol. The van der Waals surface area contributed by atoms with Crippen LogP contribution in [-0.2, 0) is 0 Å². The summed E-state index contributed by atoms with van der Waals surface area (Å²) in [6.07, 6.45) is 0. The number of nitrogen functional groups attached to an aromatic ring is 1. The van der Waals surface area contributed by atoms with E-state index in [4.69, 9.17) is 11.0 Å². The largest absolute Gasteiger partial charge is 0.397 e. The van der Waals surface area contributed by atoms with E-state index < -0.39 is 0 Å². The number of nitrogens with two attached hydrogens (primary N) is 1. The smallest absolute Gasteiger partial charge is 0.323 e. The minimum atomic E-state index is -0.380. The second kappa shape index (κ2) is 5.97. The molecule has 106 valence electrons. The van der Waals surface area contributed by atoms with E-state index in [0.717, 1.165) is 11.1 Å². The van der Waals surface area contributed by atoms with Crippen LogP contribution in [0, 0.1) is 25.2 Å². The number of carbonyl (C=O) groups is 1. The number of anilines is 3. The van der Waals surface area contributed by atoms with E-state index in [1.807, 2.05) is 32.0 Å². The summed E-state index contributed by atoms with van der Waals surface area (Å²) in [7, 11) is 0. The Bertz CT molecular complexity index is 714. The summed E-state index contributed by atoms with van der Waals surface area (Å²) < 4.78 is 0. The lowest BCUT2D eigenvalue weighted by molar-refractivity contribution is 0.262. The fraction of sp³-hybridized carbons (Fsp3) is 0.125. The van der Waals surface area contributed by atoms with E-state index in [0.29, 0.717) is 22.6 Å². The summed E-state index contributed by atoms with van der Waals surface area (Å²) in [6.45, 7) is 3.92. The number of nitrogens with one attached hydrogen (secondary N) is 2. The van der Waals surface area contributed by atoms with Gasteiger partial charge < -0.3 is 16.4 Å². The molecule has 5 nitrogen and oxygen atoms in total. The summed E-state index contributed by atoms with van der Waals surface area (Å²) in [5, 5.41) is 14.1. The van der Waals surface area contributed by atoms with Crippen LogP contribution in [0.4, 0.5) is 21.9 Å². The molecule has 0 unspecified atom stereocenters. The molecule has 21 heavy (non-hydrogen) atoms. The van der Waals surface area contributed by atoms with Gasteiger partial charge in [0.2, 0.25) is 0 Å². The van der Waals surface area contributed by atoms with E-state index in [9.17, 15) is 4.79 Å². The summed E-state index contributed by atoms with van der Waals surface area (Å²) in [4.78, 5) is 11.9. The topological polar surface area (TPSA) is 90.9 Å². The van der Waals surface area contributed by atoms with Gasteiger partial charge in [-0.3, -0.25) is 0 Å². The molecule has 0 heterocycles. The highest BCUT2D eigenvalue weighted by molar-refractivity contribution is 6.01. The summed E-state index contributed by atoms with van der Waals surface area (Å²) in [6, 6.07) is 11.9. The predicted octanol–water partition coefficient (Wildman–Crippen LogP) is 3.40. The summed E-state index contributed by atoms with van der Waals surface area (Å²) >= 11 is 0. The van der Waals surface area contributed by atoms with E-state index in [-0.39, 0.29) is 6.03 Å². The molecule has 5 heteroatoms. The molecule has 0 radical (unpaired) electrons. The number of hydrogen-bond acceptors (Lipinski definition) is 3. The lowest BCUT2D eigenvalue weighted by atomic mass is 10.1. The standard InChI is InChI=1S/C16H16N4O/c1-10-7-14(18)15(8-11(10)2)20-16(21)19-13-5-3-12(9-17)4-6-13/h3-8H,18H2,1-2H3,(H2,19,20,21). The first-order valence-corrected chi connectivity index (χ1v) is 6.44. The Morgan fingerprint density at radius 3 is 2.33 bits per heavy atom. The van der Waals surface area contributed by atoms with Crippen LogP contribution in [-0.4, -0.2) is 6.03 Å². The van der Waals surface area contributed by atoms with Gasteiger partial charge in [0.05, 0.1) is 23.0 Å². The van der Waals surface area contributed by atoms with Crippen LogP contribution in [0.25, 0.3) is 0 Å². The molecular formula is C16H16N4O. The molecule has 0 aliphatic carbocycles. The molecule has 2 aromatic carbocycles. The third-order valence-electron chi connectivity index (χ3n) is 3.19. The maximum absolute atomic E-state index is 11.9. The lowest BCUT2D eigenvalue weighted by Crippen LogP contribution is -2.20. The number of amides is 2. The van der Waals surface area contributed by atoms with E-state index in [1.165, 1.54) is 0 Å². The number of aryl methyl sites for hydroxylation is 2. The van der Waals surface area contributed by atoms with E-state index in [1.54, 1.807) is 24.3 Å². The highest BCUT2D eigenvalue weighted by Crippen LogP contribution is 2.23. The molecule has 0 saturated carbocycles. The summed E-state index contributed by atoms with van der Waals surface area (Å²) in [5.41, 5.74) is 10.3. The number of nitriles is 1. The molecule has 2 aromatic rings. The molecule has 0 aromatic heterocycles. The fourth-order valence-corrected chi connectivity index (χ4v) is 1.86. The minimum Gasteiger partial charge on any atom is -0.397 e. The number of benzene rings is 2. The first-order chi connectivity index (χ1) is 9.99. The van der Waals surface area contributed by atoms with Gasteiger partial charge in [-0.05, 0) is 61.4 Å². The van der Waals surface area contributed by atoms with Crippen molar-refractivity contribution >= 4 is 23.1 Å². The number of rotatable bonds is 2. The van der Waals surface area contributed by atoms with Crippen LogP contribution in [0.2, 0.25) is 0 Å². The maximum atomic E-state index is 11.9. The molecular weight excluding hydrogens is 264 g/mol. The minimum absolute atomic E-state index is 0.380. The molecule has 0 aliphatic heterocycles. The highest BCUT2D eigenvalue weighted by Gasteiger charge is 2.07. The predicted molar refractivity (Wildman–Crippen MR) is 84.1 cm³/mol. The Morgan fingerprint density at radius 2 is 1.71 bits per heavy atom. The molecule has 0 atom stereocenters. The first kappa shape index (κ1) is 14.4. The van der Waals surface area contributed by atoms with Crippen LogP contribution in [0.5, 0.6) is 0 Å². The third-order valence-corrected chi connectivity index (χ3v) is 3.19. The van der Waals surface area contributed by atoms with Gasteiger partial charge in [0.1, 0.15) is 0 Å². The van der Waals surface area contributed by atoms with Crippen molar-refractivity contribution in [3.63, 3.8) is 0 Å². The van der Waals surface area contributed by atoms with Crippen molar-refractivity contribution in [3.05, 3.63) is 53.1 Å².